The lowest BCUT2D eigenvalue weighted by Crippen LogP contribution is -2.15. The van der Waals surface area contributed by atoms with Crippen LogP contribution < -0.4 is 10.6 Å². The monoisotopic (exact) mass is 419 g/mol. The van der Waals surface area contributed by atoms with Crippen LogP contribution in [0, 0.1) is 5.82 Å². The van der Waals surface area contributed by atoms with Crippen LogP contribution in [0.5, 0.6) is 0 Å². The van der Waals surface area contributed by atoms with Gasteiger partial charge in [0, 0.05) is 28.7 Å². The van der Waals surface area contributed by atoms with Gasteiger partial charge in [0.05, 0.1) is 11.9 Å². The van der Waals surface area contributed by atoms with E-state index in [1.54, 1.807) is 48.7 Å². The van der Waals surface area contributed by atoms with Gasteiger partial charge in [-0.1, -0.05) is 23.7 Å². The summed E-state index contributed by atoms with van der Waals surface area (Å²) in [5, 5.41) is 6.45. The van der Waals surface area contributed by atoms with Crippen molar-refractivity contribution < 1.29 is 9.18 Å². The van der Waals surface area contributed by atoms with Crippen LogP contribution in [0.2, 0.25) is 5.02 Å². The van der Waals surface area contributed by atoms with E-state index >= 15 is 0 Å². The van der Waals surface area contributed by atoms with Crippen molar-refractivity contribution >= 4 is 34.8 Å². The van der Waals surface area contributed by atoms with Crippen LogP contribution in [0.3, 0.4) is 0 Å². The van der Waals surface area contributed by atoms with Crippen LogP contribution in [0.4, 0.5) is 21.7 Å². The second-order valence-corrected chi connectivity index (χ2v) is 6.72. The summed E-state index contributed by atoms with van der Waals surface area (Å²) in [6.07, 6.45) is 4.63. The van der Waals surface area contributed by atoms with Gasteiger partial charge in [0.2, 0.25) is 5.95 Å². The van der Waals surface area contributed by atoms with Crippen molar-refractivity contribution in [2.24, 2.45) is 0 Å². The lowest BCUT2D eigenvalue weighted by molar-refractivity contribution is 0.102. The van der Waals surface area contributed by atoms with Crippen molar-refractivity contribution in [3.05, 3.63) is 95.8 Å². The minimum atomic E-state index is -0.423. The molecule has 6 nitrogen and oxygen atoms in total. The Morgan fingerprint density at radius 2 is 1.70 bits per heavy atom. The van der Waals surface area contributed by atoms with Crippen molar-refractivity contribution in [3.63, 3.8) is 0 Å². The Morgan fingerprint density at radius 1 is 0.933 bits per heavy atom. The molecule has 30 heavy (non-hydrogen) atoms. The third-order valence-corrected chi connectivity index (χ3v) is 4.47. The number of benzene rings is 2. The van der Waals surface area contributed by atoms with Gasteiger partial charge in [-0.2, -0.15) is 0 Å². The average molecular weight is 420 g/mol. The van der Waals surface area contributed by atoms with Crippen LogP contribution in [-0.2, 0) is 0 Å². The van der Waals surface area contributed by atoms with E-state index in [0.29, 0.717) is 16.3 Å². The van der Waals surface area contributed by atoms with Crippen molar-refractivity contribution in [2.75, 3.05) is 10.6 Å². The largest absolute Gasteiger partial charge is 0.324 e. The lowest BCUT2D eigenvalue weighted by Gasteiger charge is -2.11. The summed E-state index contributed by atoms with van der Waals surface area (Å²) in [6, 6.07) is 16.3. The zero-order valence-electron chi connectivity index (χ0n) is 15.5. The Balaban J connectivity index is 1.55. The molecule has 2 aromatic carbocycles. The molecule has 0 spiro atoms. The summed E-state index contributed by atoms with van der Waals surface area (Å²) in [6.45, 7) is 0. The molecule has 4 aromatic rings. The quantitative estimate of drug-likeness (QED) is 0.457. The van der Waals surface area contributed by atoms with Gasteiger partial charge >= 0.3 is 0 Å². The molecule has 8 heteroatoms. The minimum absolute atomic E-state index is 0.176. The fourth-order valence-corrected chi connectivity index (χ4v) is 2.90. The molecular formula is C22H15ClFN5O. The predicted molar refractivity (Wildman–Crippen MR) is 114 cm³/mol. The van der Waals surface area contributed by atoms with Crippen LogP contribution >= 0.6 is 11.6 Å². The first-order valence-corrected chi connectivity index (χ1v) is 9.33. The summed E-state index contributed by atoms with van der Waals surface area (Å²) < 4.78 is 13.2. The highest BCUT2D eigenvalue weighted by Crippen LogP contribution is 2.27. The number of halogens is 2. The van der Waals surface area contributed by atoms with Gasteiger partial charge in [-0.3, -0.25) is 9.78 Å². The summed E-state index contributed by atoms with van der Waals surface area (Å²) >= 11 is 5.89. The molecule has 0 saturated heterocycles. The van der Waals surface area contributed by atoms with E-state index in [1.807, 2.05) is 0 Å². The topological polar surface area (TPSA) is 79.8 Å². The Hall–Kier alpha value is -3.84. The molecule has 2 aromatic heterocycles. The van der Waals surface area contributed by atoms with Crippen LogP contribution in [-0.4, -0.2) is 20.9 Å². The summed E-state index contributed by atoms with van der Waals surface area (Å²) in [4.78, 5) is 25.2. The van der Waals surface area contributed by atoms with Crippen molar-refractivity contribution in [1.82, 2.24) is 15.0 Å². The number of carbonyl (C=O) groups excluding carboxylic acids is 1. The Kier molecular flexibility index (Phi) is 5.63. The van der Waals surface area contributed by atoms with Crippen LogP contribution in [0.15, 0.2) is 79.3 Å². The molecule has 148 valence electrons. The number of hydrogen-bond acceptors (Lipinski definition) is 5. The normalized spacial score (nSPS) is 10.5. The average Bonchev–Trinajstić information content (AvgIpc) is 2.77. The molecule has 0 aliphatic heterocycles. The van der Waals surface area contributed by atoms with Crippen molar-refractivity contribution in [1.29, 1.82) is 0 Å². The van der Waals surface area contributed by atoms with Gasteiger partial charge in [-0.25, -0.2) is 14.4 Å². The van der Waals surface area contributed by atoms with Crippen molar-refractivity contribution in [2.45, 2.75) is 0 Å². The van der Waals surface area contributed by atoms with E-state index in [2.05, 4.69) is 25.6 Å². The number of nitrogens with zero attached hydrogens (tertiary/aromatic N) is 3. The predicted octanol–water partition coefficient (Wildman–Crippen LogP) is 5.33. The number of nitrogens with one attached hydrogen (secondary N) is 2. The second kappa shape index (κ2) is 8.67. The molecule has 0 aliphatic rings. The molecule has 1 amide bonds. The summed E-state index contributed by atoms with van der Waals surface area (Å²) in [5.41, 5.74) is 2.87. The maximum Gasteiger partial charge on any atom is 0.274 e. The number of amides is 1. The molecule has 0 radical (unpaired) electrons. The highest BCUT2D eigenvalue weighted by atomic mass is 35.5. The first-order chi connectivity index (χ1) is 14.6. The number of pyridine rings is 1. The fourth-order valence-electron chi connectivity index (χ4n) is 2.77. The Labute approximate surface area is 176 Å². The van der Waals surface area contributed by atoms with E-state index in [0.717, 1.165) is 11.3 Å². The van der Waals surface area contributed by atoms with E-state index in [9.17, 15) is 9.18 Å². The van der Waals surface area contributed by atoms with E-state index in [-0.39, 0.29) is 17.5 Å². The first-order valence-electron chi connectivity index (χ1n) is 8.95. The standard InChI is InChI=1S/C22H15ClFN5O/c23-15-3-7-17(8-4-15)27-22-26-12-10-19(29-22)21(30)28-20-13-25-11-9-18(20)14-1-5-16(24)6-2-14/h1-13H,(H,28,30)(H,26,27,29). The minimum Gasteiger partial charge on any atom is -0.324 e. The summed E-state index contributed by atoms with van der Waals surface area (Å²) in [5.74, 6) is -0.483. The molecule has 0 bridgehead atoms. The molecule has 2 N–H and O–H groups in total. The second-order valence-electron chi connectivity index (χ2n) is 6.28. The van der Waals surface area contributed by atoms with Gasteiger partial charge in [0.15, 0.2) is 0 Å². The molecule has 0 atom stereocenters. The van der Waals surface area contributed by atoms with Gasteiger partial charge in [0.25, 0.3) is 5.91 Å². The molecule has 0 unspecified atom stereocenters. The number of aromatic nitrogens is 3. The molecular weight excluding hydrogens is 405 g/mol. The first kappa shape index (κ1) is 19.5. The van der Waals surface area contributed by atoms with Crippen molar-refractivity contribution in [3.8, 4) is 11.1 Å². The Morgan fingerprint density at radius 3 is 2.47 bits per heavy atom. The third kappa shape index (κ3) is 4.59. The number of carbonyl (C=O) groups is 1. The lowest BCUT2D eigenvalue weighted by atomic mass is 10.1. The highest BCUT2D eigenvalue weighted by molar-refractivity contribution is 6.30. The maximum absolute atomic E-state index is 13.2. The molecule has 2 heterocycles. The molecule has 0 aliphatic carbocycles. The highest BCUT2D eigenvalue weighted by Gasteiger charge is 2.13. The van der Waals surface area contributed by atoms with E-state index in [4.69, 9.17) is 11.6 Å². The van der Waals surface area contributed by atoms with Gasteiger partial charge in [-0.15, -0.1) is 0 Å². The van der Waals surface area contributed by atoms with Gasteiger partial charge in [0.1, 0.15) is 11.5 Å². The smallest absolute Gasteiger partial charge is 0.274 e. The summed E-state index contributed by atoms with van der Waals surface area (Å²) in [7, 11) is 0. The maximum atomic E-state index is 13.2. The number of anilines is 3. The number of rotatable bonds is 5. The van der Waals surface area contributed by atoms with E-state index in [1.165, 1.54) is 30.6 Å². The van der Waals surface area contributed by atoms with Gasteiger partial charge in [-0.05, 0) is 54.1 Å². The van der Waals surface area contributed by atoms with Crippen LogP contribution in [0.1, 0.15) is 10.5 Å². The number of hydrogen-bond donors (Lipinski definition) is 2. The fraction of sp³-hybridized carbons (Fsp3) is 0. The van der Waals surface area contributed by atoms with Crippen LogP contribution in [0.25, 0.3) is 11.1 Å². The zero-order valence-corrected chi connectivity index (χ0v) is 16.3. The van der Waals surface area contributed by atoms with E-state index < -0.39 is 5.91 Å². The SMILES string of the molecule is O=C(Nc1cnccc1-c1ccc(F)cc1)c1ccnc(Nc2ccc(Cl)cc2)n1. The van der Waals surface area contributed by atoms with Gasteiger partial charge < -0.3 is 10.6 Å². The third-order valence-electron chi connectivity index (χ3n) is 4.21. The molecule has 0 fully saturated rings. The Bertz CT molecular complexity index is 1180. The zero-order chi connectivity index (χ0) is 20.9. The molecule has 4 rings (SSSR count). The molecule has 0 saturated carbocycles.